The molecule has 332 valence electrons. The molecule has 0 aromatic heterocycles. The topological polar surface area (TPSA) is 162 Å². The van der Waals surface area contributed by atoms with E-state index in [0.29, 0.717) is 102 Å². The number of hydrogen-bond donors (Lipinski definition) is 3. The van der Waals surface area contributed by atoms with Crippen LogP contribution in [-0.4, -0.2) is 68.7 Å². The summed E-state index contributed by atoms with van der Waals surface area (Å²) in [6, 6.07) is 21.5. The molecule has 3 N–H and O–H groups in total. The highest BCUT2D eigenvalue weighted by Gasteiger charge is 2.28. The minimum absolute atomic E-state index is 0.0218. The van der Waals surface area contributed by atoms with E-state index in [4.69, 9.17) is 51.3 Å². The summed E-state index contributed by atoms with van der Waals surface area (Å²) in [5, 5.41) is 33.5. The van der Waals surface area contributed by atoms with Gasteiger partial charge in [0.2, 0.25) is 9.03 Å². The molecule has 0 spiro atoms. The highest BCUT2D eigenvalue weighted by Crippen LogP contribution is 2.47. The maximum Gasteiger partial charge on any atom is 0.275 e. The second-order valence-electron chi connectivity index (χ2n) is 13.7. The van der Waals surface area contributed by atoms with Crippen molar-refractivity contribution in [3.8, 4) is 45.3 Å². The number of hydrogen-bond acceptors (Lipinski definition) is 14. The summed E-state index contributed by atoms with van der Waals surface area (Å²) in [7, 11) is 0.650. The van der Waals surface area contributed by atoms with Gasteiger partial charge in [-0.2, -0.15) is 0 Å². The van der Waals surface area contributed by atoms with Crippen molar-refractivity contribution in [3.63, 3.8) is 0 Å². The Morgan fingerprint density at radius 1 is 0.742 bits per heavy atom. The van der Waals surface area contributed by atoms with Gasteiger partial charge in [-0.1, -0.05) is 97.6 Å². The van der Waals surface area contributed by atoms with Gasteiger partial charge in [-0.05, 0) is 32.8 Å². The summed E-state index contributed by atoms with van der Waals surface area (Å²) < 4.78 is 63.8. The highest BCUT2D eigenvalue weighted by atomic mass is 31.1. The zero-order chi connectivity index (χ0) is 43.8. The maximum absolute atomic E-state index is 11.3. The van der Waals surface area contributed by atoms with Gasteiger partial charge in [-0.15, -0.1) is 0 Å². The number of rotatable bonds is 23. The second kappa shape index (κ2) is 23.9. The zero-order valence-corrected chi connectivity index (χ0v) is 37.2. The van der Waals surface area contributed by atoms with Crippen LogP contribution < -0.4 is 9.05 Å². The standard InChI is InChI=1S/C46H54O14P2/c1-6-51-43(49)37-22-13-18-33(31-16-11-20-35(39(31)47)45-53-25-26-54-45)41(37)60-62-58-30(4)29(3)15-9-8-10-24-57-61-59-42-34(19-14-23-38(42)44(50-5)52-7-2)32-17-12-21-36(40(32)48)46-55-27-28-56-46/h8-9,11-23,43-49,61-62H,4,6-7,10,24-28H2,1-3,5H3/b9-8-,29-15-. The number of allylic oxidation sites excluding steroid dienone is 3. The van der Waals surface area contributed by atoms with E-state index in [1.54, 1.807) is 62.6 Å². The Labute approximate surface area is 365 Å². The Kier molecular flexibility index (Phi) is 18.1. The van der Waals surface area contributed by atoms with Crippen molar-refractivity contribution in [1.29, 1.82) is 0 Å². The molecule has 6 rings (SSSR count). The molecule has 0 amide bonds. The molecular weight excluding hydrogens is 838 g/mol. The molecule has 4 unspecified atom stereocenters. The summed E-state index contributed by atoms with van der Waals surface area (Å²) >= 11 is 0. The molecular formula is C46H54O14P2. The number of ether oxygens (including phenoxy) is 7. The molecule has 4 aromatic rings. The van der Waals surface area contributed by atoms with Gasteiger partial charge < -0.3 is 66.6 Å². The summed E-state index contributed by atoms with van der Waals surface area (Å²) in [6.45, 7) is 12.4. The summed E-state index contributed by atoms with van der Waals surface area (Å²) in [5.74, 6) is 1.15. The number of phenolic OH excluding ortho intramolecular Hbond substituents is 2. The number of phenols is 2. The van der Waals surface area contributed by atoms with E-state index in [2.05, 4.69) is 6.58 Å². The first-order chi connectivity index (χ1) is 30.3. The third kappa shape index (κ3) is 11.8. The number of aromatic hydroxyl groups is 2. The van der Waals surface area contributed by atoms with Gasteiger partial charge in [0.25, 0.3) is 9.03 Å². The molecule has 62 heavy (non-hydrogen) atoms. The van der Waals surface area contributed by atoms with Crippen LogP contribution in [-0.2, 0) is 42.2 Å². The number of aliphatic hydroxyl groups is 1. The first kappa shape index (κ1) is 47.1. The van der Waals surface area contributed by atoms with Crippen LogP contribution in [0.3, 0.4) is 0 Å². The van der Waals surface area contributed by atoms with Crippen LogP contribution in [0.1, 0.15) is 74.6 Å². The molecule has 2 aliphatic heterocycles. The smallest absolute Gasteiger partial charge is 0.275 e. The number of aliphatic hydroxyl groups excluding tert-OH is 1. The first-order valence-corrected chi connectivity index (χ1v) is 21.9. The number of benzene rings is 4. The van der Waals surface area contributed by atoms with Crippen molar-refractivity contribution >= 4 is 18.1 Å². The molecule has 0 radical (unpaired) electrons. The molecule has 2 heterocycles. The fourth-order valence-electron chi connectivity index (χ4n) is 6.67. The van der Waals surface area contributed by atoms with Gasteiger partial charge in [0.1, 0.15) is 28.8 Å². The lowest BCUT2D eigenvalue weighted by atomic mass is 9.97. The van der Waals surface area contributed by atoms with Gasteiger partial charge in [0.15, 0.2) is 25.2 Å². The third-order valence-corrected chi connectivity index (χ3v) is 11.0. The predicted molar refractivity (Wildman–Crippen MR) is 236 cm³/mol. The van der Waals surface area contributed by atoms with E-state index in [0.717, 1.165) is 5.57 Å². The van der Waals surface area contributed by atoms with Crippen LogP contribution in [0.4, 0.5) is 0 Å². The summed E-state index contributed by atoms with van der Waals surface area (Å²) in [5.41, 5.74) is 4.96. The Hall–Kier alpha value is -4.40. The van der Waals surface area contributed by atoms with Gasteiger partial charge >= 0.3 is 0 Å². The van der Waals surface area contributed by atoms with Crippen LogP contribution in [0.2, 0.25) is 0 Å². The van der Waals surface area contributed by atoms with Crippen molar-refractivity contribution in [2.24, 2.45) is 0 Å². The highest BCUT2D eigenvalue weighted by molar-refractivity contribution is 7.27. The monoisotopic (exact) mass is 892 g/mol. The molecule has 16 heteroatoms. The van der Waals surface area contributed by atoms with Crippen molar-refractivity contribution in [2.45, 2.75) is 52.4 Å². The fourth-order valence-corrected chi connectivity index (χ4v) is 7.86. The van der Waals surface area contributed by atoms with Crippen LogP contribution in [0, 0.1) is 0 Å². The van der Waals surface area contributed by atoms with Gasteiger partial charge in [0.05, 0.1) is 55.3 Å². The molecule has 14 nitrogen and oxygen atoms in total. The van der Waals surface area contributed by atoms with Crippen molar-refractivity contribution in [3.05, 3.63) is 131 Å². The quantitative estimate of drug-likeness (QED) is 0.0212. The van der Waals surface area contributed by atoms with E-state index in [1.165, 1.54) is 0 Å². The van der Waals surface area contributed by atoms with Crippen LogP contribution in [0.15, 0.2) is 109 Å². The van der Waals surface area contributed by atoms with Gasteiger partial charge in [-0.3, -0.25) is 0 Å². The number of para-hydroxylation sites is 4. The minimum Gasteiger partial charge on any atom is -0.507 e. The Morgan fingerprint density at radius 3 is 1.82 bits per heavy atom. The number of methoxy groups -OCH3 is 1. The van der Waals surface area contributed by atoms with E-state index in [9.17, 15) is 15.3 Å². The summed E-state index contributed by atoms with van der Waals surface area (Å²) in [4.78, 5) is 0. The largest absolute Gasteiger partial charge is 0.507 e. The Bertz CT molecular complexity index is 2150. The van der Waals surface area contributed by atoms with E-state index in [-0.39, 0.29) is 32.9 Å². The molecule has 2 aliphatic rings. The van der Waals surface area contributed by atoms with Crippen molar-refractivity contribution in [2.75, 3.05) is 53.4 Å². The molecule has 0 saturated carbocycles. The van der Waals surface area contributed by atoms with Crippen molar-refractivity contribution < 1.29 is 66.6 Å². The summed E-state index contributed by atoms with van der Waals surface area (Å²) in [6.07, 6.45) is 2.96. The maximum atomic E-state index is 11.3. The van der Waals surface area contributed by atoms with Crippen LogP contribution >= 0.6 is 18.1 Å². The molecule has 4 aromatic carbocycles. The lowest BCUT2D eigenvalue weighted by Crippen LogP contribution is -2.08. The average Bonchev–Trinajstić information content (AvgIpc) is 4.03. The van der Waals surface area contributed by atoms with E-state index < -0.39 is 34.2 Å². The SMILES string of the molecule is C=C(OPOc1c(-c2cccc(C3OCCO3)c2O)cccc1C(O)OCC)/C(C)=C\C=C/CCOPOc1c(-c2cccc(C3OCCO3)c2O)cccc1C(OC)OCC. The lowest BCUT2D eigenvalue weighted by molar-refractivity contribution is -0.124. The zero-order valence-electron chi connectivity index (χ0n) is 35.2. The molecule has 0 aliphatic carbocycles. The minimum atomic E-state index is -1.28. The van der Waals surface area contributed by atoms with Gasteiger partial charge in [0, 0.05) is 42.6 Å². The second-order valence-corrected chi connectivity index (χ2v) is 15.0. The van der Waals surface area contributed by atoms with E-state index >= 15 is 0 Å². The molecule has 2 fully saturated rings. The lowest BCUT2D eigenvalue weighted by Gasteiger charge is -2.22. The fraction of sp³-hybridized carbons (Fsp3) is 0.348. The van der Waals surface area contributed by atoms with E-state index in [1.807, 2.05) is 56.3 Å². The van der Waals surface area contributed by atoms with Crippen LogP contribution in [0.5, 0.6) is 23.0 Å². The molecule has 0 bridgehead atoms. The third-order valence-electron chi connectivity index (χ3n) is 9.75. The van der Waals surface area contributed by atoms with Crippen LogP contribution in [0.25, 0.3) is 22.3 Å². The first-order valence-electron chi connectivity index (χ1n) is 20.2. The normalized spacial score (nSPS) is 16.3. The predicted octanol–water partition coefficient (Wildman–Crippen LogP) is 10.1. The molecule has 2 saturated heterocycles. The molecule has 4 atom stereocenters. The Morgan fingerprint density at radius 2 is 1.26 bits per heavy atom. The Balaban J connectivity index is 1.05. The average molecular weight is 893 g/mol. The van der Waals surface area contributed by atoms with Crippen molar-refractivity contribution in [1.82, 2.24) is 0 Å². The van der Waals surface area contributed by atoms with Gasteiger partial charge in [-0.25, -0.2) is 0 Å².